The number of aryl methyl sites for hydroxylation is 1. The molecule has 1 amide bonds. The summed E-state index contributed by atoms with van der Waals surface area (Å²) < 4.78 is 22.1. The largest absolute Gasteiger partial charge is 0.457 e. The molecule has 0 radical (unpaired) electrons. The fourth-order valence-electron chi connectivity index (χ4n) is 3.83. The quantitative estimate of drug-likeness (QED) is 0.344. The van der Waals surface area contributed by atoms with E-state index in [4.69, 9.17) is 4.74 Å². The number of fused-ring (bicyclic) bond motifs is 1. The van der Waals surface area contributed by atoms with Crippen LogP contribution >= 0.6 is 15.9 Å². The molecule has 4 aromatic rings. The maximum absolute atomic E-state index is 13.9. The van der Waals surface area contributed by atoms with E-state index in [1.807, 2.05) is 29.8 Å². The molecule has 1 aliphatic rings. The first-order valence-electron chi connectivity index (χ1n) is 10.8. The van der Waals surface area contributed by atoms with Gasteiger partial charge in [-0.25, -0.2) is 9.37 Å². The molecule has 34 heavy (non-hydrogen) atoms. The van der Waals surface area contributed by atoms with Gasteiger partial charge >= 0.3 is 0 Å². The van der Waals surface area contributed by atoms with E-state index in [2.05, 4.69) is 41.8 Å². The Morgan fingerprint density at radius 2 is 2.06 bits per heavy atom. The van der Waals surface area contributed by atoms with Gasteiger partial charge in [-0.15, -0.1) is 0 Å². The number of nitrogens with zero attached hydrogens (tertiary/aromatic N) is 3. The van der Waals surface area contributed by atoms with Gasteiger partial charge in [-0.2, -0.15) is 0 Å². The van der Waals surface area contributed by atoms with E-state index < -0.39 is 0 Å². The van der Waals surface area contributed by atoms with Crippen molar-refractivity contribution >= 4 is 44.5 Å². The Morgan fingerprint density at radius 1 is 1.21 bits per heavy atom. The van der Waals surface area contributed by atoms with Crippen molar-refractivity contribution in [1.82, 2.24) is 25.2 Å². The molecule has 1 saturated heterocycles. The number of hydrogen-bond donors (Lipinski definition) is 3. The van der Waals surface area contributed by atoms with Gasteiger partial charge in [0, 0.05) is 43.7 Å². The van der Waals surface area contributed by atoms with Gasteiger partial charge in [0.25, 0.3) is 5.91 Å². The minimum atomic E-state index is -0.357. The topological polar surface area (TPSA) is 93.1 Å². The minimum absolute atomic E-state index is 0.113. The van der Waals surface area contributed by atoms with Gasteiger partial charge in [-0.3, -0.25) is 9.78 Å². The van der Waals surface area contributed by atoms with Crippen LogP contribution in [0.1, 0.15) is 16.9 Å². The van der Waals surface area contributed by atoms with Crippen LogP contribution in [0.25, 0.3) is 11.0 Å². The van der Waals surface area contributed by atoms with Crippen LogP contribution in [0.2, 0.25) is 0 Å². The lowest BCUT2D eigenvalue weighted by molar-refractivity contribution is 0.0934. The lowest BCUT2D eigenvalue weighted by Crippen LogP contribution is -2.36. The summed E-state index contributed by atoms with van der Waals surface area (Å²) in [5, 5.41) is 9.34. The molecular formula is C24H22BrFN6O2. The highest BCUT2D eigenvalue weighted by molar-refractivity contribution is 9.10. The molecule has 1 aliphatic heterocycles. The Balaban J connectivity index is 1.33. The number of nitrogens with one attached hydrogen (secondary N) is 3. The van der Waals surface area contributed by atoms with Crippen molar-refractivity contribution in [2.75, 3.05) is 18.4 Å². The molecule has 1 unspecified atom stereocenters. The number of hydrogen-bond acceptors (Lipinski definition) is 6. The van der Waals surface area contributed by atoms with Gasteiger partial charge in [-0.1, -0.05) is 0 Å². The second-order valence-corrected chi connectivity index (χ2v) is 8.90. The highest BCUT2D eigenvalue weighted by atomic mass is 79.9. The summed E-state index contributed by atoms with van der Waals surface area (Å²) in [4.78, 5) is 21.3. The molecule has 3 N–H and O–H groups in total. The van der Waals surface area contributed by atoms with Crippen molar-refractivity contribution in [2.24, 2.45) is 7.05 Å². The normalized spacial score (nSPS) is 15.4. The third kappa shape index (κ3) is 4.73. The smallest absolute Gasteiger partial charge is 0.270 e. The Bertz CT molecular complexity index is 1370. The molecule has 0 spiro atoms. The summed E-state index contributed by atoms with van der Waals surface area (Å²) in [5.41, 5.74) is 2.48. The highest BCUT2D eigenvalue weighted by Gasteiger charge is 2.19. The van der Waals surface area contributed by atoms with Crippen LogP contribution in [0.4, 0.5) is 16.0 Å². The van der Waals surface area contributed by atoms with Crippen molar-refractivity contribution in [3.05, 3.63) is 70.7 Å². The summed E-state index contributed by atoms with van der Waals surface area (Å²) in [7, 11) is 1.88. The van der Waals surface area contributed by atoms with Crippen LogP contribution in [0.15, 0.2) is 59.2 Å². The van der Waals surface area contributed by atoms with Gasteiger partial charge in [-0.05, 0) is 65.3 Å². The number of pyridine rings is 1. The first kappa shape index (κ1) is 22.3. The standard InChI is InChI=1S/C24H22BrFN6O2/c1-32-22-5-3-16(11-20(22)31-24(32)30-14-2-4-18(25)19(26)10-14)34-17-7-9-28-21(12-17)23(33)29-15-6-8-27-13-15/h2-5,7,9-12,15,27H,6,8,13H2,1H3,(H,29,33)(H,30,31). The number of aromatic nitrogens is 3. The van der Waals surface area contributed by atoms with E-state index in [-0.39, 0.29) is 17.8 Å². The van der Waals surface area contributed by atoms with Crippen LogP contribution in [0.3, 0.4) is 0 Å². The zero-order valence-electron chi connectivity index (χ0n) is 18.3. The molecule has 174 valence electrons. The van der Waals surface area contributed by atoms with Gasteiger partial charge in [0.15, 0.2) is 0 Å². The Kier molecular flexibility index (Phi) is 6.16. The van der Waals surface area contributed by atoms with Crippen molar-refractivity contribution in [1.29, 1.82) is 0 Å². The number of benzene rings is 2. The highest BCUT2D eigenvalue weighted by Crippen LogP contribution is 2.29. The number of carbonyl (C=O) groups is 1. The Morgan fingerprint density at radius 3 is 2.85 bits per heavy atom. The molecule has 0 bridgehead atoms. The number of carbonyl (C=O) groups excluding carboxylic acids is 1. The third-order valence-corrected chi connectivity index (χ3v) is 6.27. The van der Waals surface area contributed by atoms with E-state index >= 15 is 0 Å². The summed E-state index contributed by atoms with van der Waals surface area (Å²) in [6.07, 6.45) is 2.45. The number of ether oxygens (including phenoxy) is 1. The number of imidazole rings is 1. The van der Waals surface area contributed by atoms with E-state index in [9.17, 15) is 9.18 Å². The maximum atomic E-state index is 13.9. The molecule has 2 aromatic carbocycles. The molecular weight excluding hydrogens is 503 g/mol. The first-order valence-corrected chi connectivity index (χ1v) is 11.6. The lowest BCUT2D eigenvalue weighted by atomic mass is 10.2. The van der Waals surface area contributed by atoms with Crippen LogP contribution in [-0.4, -0.2) is 39.6 Å². The summed E-state index contributed by atoms with van der Waals surface area (Å²) in [6, 6.07) is 13.8. The molecule has 2 aromatic heterocycles. The average molecular weight is 525 g/mol. The van der Waals surface area contributed by atoms with Crippen molar-refractivity contribution < 1.29 is 13.9 Å². The number of halogens is 2. The van der Waals surface area contributed by atoms with Crippen LogP contribution in [0.5, 0.6) is 11.5 Å². The van der Waals surface area contributed by atoms with Gasteiger partial charge in [0.1, 0.15) is 23.0 Å². The third-order valence-electron chi connectivity index (χ3n) is 5.62. The molecule has 3 heterocycles. The predicted molar refractivity (Wildman–Crippen MR) is 131 cm³/mol. The Hall–Kier alpha value is -3.50. The molecule has 5 rings (SSSR count). The minimum Gasteiger partial charge on any atom is -0.457 e. The van der Waals surface area contributed by atoms with E-state index in [0.717, 1.165) is 25.0 Å². The molecule has 1 atom stereocenters. The van der Waals surface area contributed by atoms with E-state index in [1.165, 1.54) is 6.07 Å². The van der Waals surface area contributed by atoms with Crippen LogP contribution in [0, 0.1) is 5.82 Å². The van der Waals surface area contributed by atoms with Crippen molar-refractivity contribution in [3.63, 3.8) is 0 Å². The molecule has 1 fully saturated rings. The maximum Gasteiger partial charge on any atom is 0.270 e. The molecule has 8 nitrogen and oxygen atoms in total. The van der Waals surface area contributed by atoms with Crippen LogP contribution < -0.4 is 20.7 Å². The second kappa shape index (κ2) is 9.40. The van der Waals surface area contributed by atoms with E-state index in [1.54, 1.807) is 30.5 Å². The average Bonchev–Trinajstić information content (AvgIpc) is 3.44. The summed E-state index contributed by atoms with van der Waals surface area (Å²) in [5.74, 6) is 1.07. The monoisotopic (exact) mass is 524 g/mol. The van der Waals surface area contributed by atoms with Gasteiger partial charge < -0.3 is 25.3 Å². The van der Waals surface area contributed by atoms with Crippen LogP contribution in [-0.2, 0) is 7.05 Å². The predicted octanol–water partition coefficient (Wildman–Crippen LogP) is 4.50. The number of rotatable bonds is 6. The zero-order chi connectivity index (χ0) is 23.7. The number of amides is 1. The van der Waals surface area contributed by atoms with Crippen molar-refractivity contribution in [2.45, 2.75) is 12.5 Å². The first-order chi connectivity index (χ1) is 16.5. The fraction of sp³-hybridized carbons (Fsp3) is 0.208. The van der Waals surface area contributed by atoms with Gasteiger partial charge in [0.2, 0.25) is 5.95 Å². The number of anilines is 2. The van der Waals surface area contributed by atoms with Gasteiger partial charge in [0.05, 0.1) is 15.5 Å². The second-order valence-electron chi connectivity index (χ2n) is 8.04. The van der Waals surface area contributed by atoms with E-state index in [0.29, 0.717) is 38.8 Å². The Labute approximate surface area is 203 Å². The summed E-state index contributed by atoms with van der Waals surface area (Å²) >= 11 is 3.16. The molecule has 10 heteroatoms. The fourth-order valence-corrected chi connectivity index (χ4v) is 4.08. The zero-order valence-corrected chi connectivity index (χ0v) is 19.9. The SMILES string of the molecule is Cn1c(Nc2ccc(Br)c(F)c2)nc2cc(Oc3ccnc(C(=O)NC4CCNC4)c3)ccc21. The molecule has 0 aliphatic carbocycles. The lowest BCUT2D eigenvalue weighted by Gasteiger charge is -2.11. The summed E-state index contributed by atoms with van der Waals surface area (Å²) in [6.45, 7) is 1.66. The van der Waals surface area contributed by atoms with Crippen molar-refractivity contribution in [3.8, 4) is 11.5 Å². The molecule has 0 saturated carbocycles.